The van der Waals surface area contributed by atoms with Crippen molar-refractivity contribution in [3.63, 3.8) is 0 Å². The van der Waals surface area contributed by atoms with Gasteiger partial charge in [-0.3, -0.25) is 9.59 Å². The number of rotatable bonds is 4. The monoisotopic (exact) mass is 425 g/mol. The number of benzene rings is 2. The number of hydrogen-bond donors (Lipinski definition) is 0. The van der Waals surface area contributed by atoms with Crippen molar-refractivity contribution in [3.8, 4) is 17.0 Å². The minimum Gasteiger partial charge on any atom is -0.497 e. The number of ketones is 2. The Morgan fingerprint density at radius 2 is 1.69 bits per heavy atom. The molecule has 32 heavy (non-hydrogen) atoms. The number of aryl methyl sites for hydroxylation is 3. The SMILES string of the molecule is CCc1cc2c(cc1C)C(=O)/C(=C\c1cc3c(cc(-c4ccc(OC)cc4)n3C)o1)C2=O. The zero-order valence-corrected chi connectivity index (χ0v) is 18.5. The van der Waals surface area contributed by atoms with Crippen LogP contribution in [0.5, 0.6) is 5.75 Å². The molecule has 0 spiro atoms. The maximum absolute atomic E-state index is 13.0. The predicted octanol–water partition coefficient (Wildman–Crippen LogP) is 5.78. The number of ether oxygens (including phenoxy) is 1. The van der Waals surface area contributed by atoms with E-state index in [1.165, 1.54) is 0 Å². The normalized spacial score (nSPS) is 14.6. The number of nitrogens with zero attached hydrogens (tertiary/aromatic N) is 1. The summed E-state index contributed by atoms with van der Waals surface area (Å²) < 4.78 is 13.3. The first-order chi connectivity index (χ1) is 15.4. The van der Waals surface area contributed by atoms with Gasteiger partial charge in [0.2, 0.25) is 0 Å². The molecular weight excluding hydrogens is 402 g/mol. The van der Waals surface area contributed by atoms with Gasteiger partial charge in [0.05, 0.1) is 23.9 Å². The van der Waals surface area contributed by atoms with Crippen molar-refractivity contribution in [2.24, 2.45) is 7.05 Å². The Morgan fingerprint density at radius 3 is 2.31 bits per heavy atom. The predicted molar refractivity (Wildman–Crippen MR) is 124 cm³/mol. The number of Topliss-reactive ketones (excluding diaryl/α,β-unsaturated/α-hetero) is 2. The molecular formula is C27H23NO4. The Labute approximate surface area is 185 Å². The molecule has 0 amide bonds. The Hall–Kier alpha value is -3.86. The first kappa shape index (κ1) is 20.1. The van der Waals surface area contributed by atoms with E-state index in [-0.39, 0.29) is 17.1 Å². The zero-order chi connectivity index (χ0) is 22.6. The topological polar surface area (TPSA) is 61.4 Å². The number of furan rings is 1. The van der Waals surface area contributed by atoms with Gasteiger partial charge in [-0.05, 0) is 72.5 Å². The van der Waals surface area contributed by atoms with Crippen LogP contribution in [0.4, 0.5) is 0 Å². The number of allylic oxidation sites excluding steroid dienone is 1. The van der Waals surface area contributed by atoms with E-state index in [0.717, 1.165) is 40.1 Å². The van der Waals surface area contributed by atoms with Gasteiger partial charge >= 0.3 is 0 Å². The molecule has 2 heterocycles. The lowest BCUT2D eigenvalue weighted by Crippen LogP contribution is -1.99. The number of carbonyl (C=O) groups excluding carboxylic acids is 2. The number of fused-ring (bicyclic) bond motifs is 2. The van der Waals surface area contributed by atoms with E-state index in [4.69, 9.17) is 9.15 Å². The van der Waals surface area contributed by atoms with Crippen LogP contribution in [0.2, 0.25) is 0 Å². The van der Waals surface area contributed by atoms with Crippen LogP contribution in [0.3, 0.4) is 0 Å². The molecule has 1 aliphatic rings. The first-order valence-electron chi connectivity index (χ1n) is 10.6. The quantitative estimate of drug-likeness (QED) is 0.307. The maximum Gasteiger partial charge on any atom is 0.197 e. The lowest BCUT2D eigenvalue weighted by Gasteiger charge is -2.05. The van der Waals surface area contributed by atoms with Crippen LogP contribution in [0.1, 0.15) is 44.5 Å². The van der Waals surface area contributed by atoms with E-state index in [1.807, 2.05) is 74.0 Å². The van der Waals surface area contributed by atoms with Crippen molar-refractivity contribution in [1.29, 1.82) is 0 Å². The van der Waals surface area contributed by atoms with Crippen molar-refractivity contribution in [2.75, 3.05) is 7.11 Å². The van der Waals surface area contributed by atoms with Crippen LogP contribution in [0.15, 0.2) is 58.5 Å². The van der Waals surface area contributed by atoms with Crippen molar-refractivity contribution in [1.82, 2.24) is 4.57 Å². The third-order valence-corrected chi connectivity index (χ3v) is 6.26. The summed E-state index contributed by atoms with van der Waals surface area (Å²) in [6.07, 6.45) is 2.39. The van der Waals surface area contributed by atoms with Crippen molar-refractivity contribution >= 4 is 28.7 Å². The minimum atomic E-state index is -0.241. The summed E-state index contributed by atoms with van der Waals surface area (Å²) in [6.45, 7) is 4.01. The van der Waals surface area contributed by atoms with Gasteiger partial charge in [-0.2, -0.15) is 0 Å². The van der Waals surface area contributed by atoms with Gasteiger partial charge < -0.3 is 13.7 Å². The summed E-state index contributed by atoms with van der Waals surface area (Å²) in [6, 6.07) is 15.3. The zero-order valence-electron chi connectivity index (χ0n) is 18.5. The van der Waals surface area contributed by atoms with E-state index in [2.05, 4.69) is 0 Å². The number of carbonyl (C=O) groups is 2. The van der Waals surface area contributed by atoms with Gasteiger partial charge in [0.1, 0.15) is 11.5 Å². The van der Waals surface area contributed by atoms with Crippen LogP contribution in [-0.4, -0.2) is 23.2 Å². The van der Waals surface area contributed by atoms with E-state index in [1.54, 1.807) is 13.2 Å². The fourth-order valence-electron chi connectivity index (χ4n) is 4.42. The lowest BCUT2D eigenvalue weighted by atomic mass is 9.99. The number of aromatic nitrogens is 1. The molecule has 0 radical (unpaired) electrons. The fraction of sp³-hybridized carbons (Fsp3) is 0.185. The van der Waals surface area contributed by atoms with E-state index < -0.39 is 0 Å². The third-order valence-electron chi connectivity index (χ3n) is 6.26. The molecule has 1 aliphatic carbocycles. The summed E-state index contributed by atoms with van der Waals surface area (Å²) in [5, 5.41) is 0. The van der Waals surface area contributed by atoms with Gasteiger partial charge in [-0.1, -0.05) is 6.92 Å². The highest BCUT2D eigenvalue weighted by atomic mass is 16.5. The molecule has 5 heteroatoms. The summed E-state index contributed by atoms with van der Waals surface area (Å²) in [5.41, 5.74) is 6.87. The van der Waals surface area contributed by atoms with Gasteiger partial charge in [0.25, 0.3) is 0 Å². The molecule has 160 valence electrons. The minimum absolute atomic E-state index is 0.155. The second-order valence-electron chi connectivity index (χ2n) is 8.11. The van der Waals surface area contributed by atoms with E-state index in [0.29, 0.717) is 22.5 Å². The molecule has 0 saturated heterocycles. The standard InChI is InChI=1S/C27H23NO4/c1-5-16-11-21-20(10-15(16)2)26(29)22(27(21)30)12-19-13-24-25(32-19)14-23(28(24)3)17-6-8-18(31-4)9-7-17/h6-14H,5H2,1-4H3/b22-12+. The second-order valence-corrected chi connectivity index (χ2v) is 8.11. The molecule has 0 unspecified atom stereocenters. The molecule has 0 aliphatic heterocycles. The molecule has 0 atom stereocenters. The molecule has 4 aromatic rings. The van der Waals surface area contributed by atoms with Gasteiger partial charge in [-0.15, -0.1) is 0 Å². The van der Waals surface area contributed by atoms with Crippen LogP contribution in [0, 0.1) is 6.92 Å². The van der Waals surface area contributed by atoms with Crippen molar-refractivity contribution < 1.29 is 18.7 Å². The largest absolute Gasteiger partial charge is 0.497 e. The van der Waals surface area contributed by atoms with Crippen LogP contribution in [0.25, 0.3) is 28.4 Å². The highest BCUT2D eigenvalue weighted by Gasteiger charge is 2.34. The average Bonchev–Trinajstić information content (AvgIpc) is 3.41. The molecule has 0 fully saturated rings. The average molecular weight is 425 g/mol. The van der Waals surface area contributed by atoms with Crippen LogP contribution < -0.4 is 4.74 Å². The maximum atomic E-state index is 13.0. The molecule has 5 nitrogen and oxygen atoms in total. The Bertz CT molecular complexity index is 1430. The van der Waals surface area contributed by atoms with Gasteiger partial charge in [0.15, 0.2) is 17.1 Å². The lowest BCUT2D eigenvalue weighted by molar-refractivity contribution is 0.0990. The van der Waals surface area contributed by atoms with Crippen molar-refractivity contribution in [2.45, 2.75) is 20.3 Å². The molecule has 2 aromatic carbocycles. The third kappa shape index (κ3) is 3.01. The first-order valence-corrected chi connectivity index (χ1v) is 10.6. The highest BCUT2D eigenvalue weighted by Crippen LogP contribution is 2.34. The Balaban J connectivity index is 1.51. The van der Waals surface area contributed by atoms with Crippen LogP contribution >= 0.6 is 0 Å². The van der Waals surface area contributed by atoms with Gasteiger partial charge in [0, 0.05) is 30.3 Å². The number of hydrogen-bond acceptors (Lipinski definition) is 4. The summed E-state index contributed by atoms with van der Waals surface area (Å²) in [5.74, 6) is 0.812. The summed E-state index contributed by atoms with van der Waals surface area (Å²) >= 11 is 0. The smallest absolute Gasteiger partial charge is 0.197 e. The van der Waals surface area contributed by atoms with Crippen LogP contribution in [-0.2, 0) is 13.5 Å². The van der Waals surface area contributed by atoms with E-state index >= 15 is 0 Å². The van der Waals surface area contributed by atoms with Crippen molar-refractivity contribution in [3.05, 3.63) is 82.1 Å². The fourth-order valence-corrected chi connectivity index (χ4v) is 4.42. The molecule has 0 saturated carbocycles. The Morgan fingerprint density at radius 1 is 1.00 bits per heavy atom. The van der Waals surface area contributed by atoms with E-state index in [9.17, 15) is 9.59 Å². The number of methoxy groups -OCH3 is 1. The molecule has 0 N–H and O–H groups in total. The molecule has 2 aromatic heterocycles. The Kier molecular flexibility index (Phi) is 4.63. The molecule has 5 rings (SSSR count). The molecule has 0 bridgehead atoms. The second kappa shape index (κ2) is 7.38. The van der Waals surface area contributed by atoms with Gasteiger partial charge in [-0.25, -0.2) is 0 Å². The highest BCUT2D eigenvalue weighted by molar-refractivity contribution is 6.41. The summed E-state index contributed by atoms with van der Waals surface area (Å²) in [7, 11) is 3.61. The summed E-state index contributed by atoms with van der Waals surface area (Å²) in [4.78, 5) is 25.9.